The van der Waals surface area contributed by atoms with Crippen molar-refractivity contribution in [3.05, 3.63) is 0 Å². The fourth-order valence-electron chi connectivity index (χ4n) is 3.73. The van der Waals surface area contributed by atoms with Gasteiger partial charge in [0.05, 0.1) is 0 Å². The normalized spacial score (nSPS) is 28.1. The summed E-state index contributed by atoms with van der Waals surface area (Å²) in [5, 5.41) is 13.4. The monoisotopic (exact) mass is 268 g/mol. The van der Waals surface area contributed by atoms with Crippen molar-refractivity contribution in [1.29, 1.82) is 0 Å². The van der Waals surface area contributed by atoms with E-state index in [0.717, 1.165) is 19.0 Å². The molecule has 1 aliphatic heterocycles. The number of nitrogens with zero attached hydrogens (tertiary/aromatic N) is 1. The summed E-state index contributed by atoms with van der Waals surface area (Å²) >= 11 is 0. The molecule has 1 aliphatic carbocycles. The van der Waals surface area contributed by atoms with Crippen LogP contribution in [0.3, 0.4) is 0 Å². The van der Waals surface area contributed by atoms with Gasteiger partial charge in [0, 0.05) is 31.2 Å². The van der Waals surface area contributed by atoms with Gasteiger partial charge in [-0.1, -0.05) is 19.3 Å². The molecule has 1 heterocycles. The van der Waals surface area contributed by atoms with Gasteiger partial charge in [-0.3, -0.25) is 0 Å². The number of nitrogens with one attached hydrogen (secondary N) is 1. The molecule has 0 bridgehead atoms. The Morgan fingerprint density at radius 1 is 1.26 bits per heavy atom. The van der Waals surface area contributed by atoms with Crippen LogP contribution in [0.1, 0.15) is 52.4 Å². The van der Waals surface area contributed by atoms with E-state index in [1.54, 1.807) is 0 Å². The third kappa shape index (κ3) is 4.17. The molecule has 0 aromatic carbocycles. The summed E-state index contributed by atoms with van der Waals surface area (Å²) in [5.74, 6) is 0.807. The molecule has 2 fully saturated rings. The van der Waals surface area contributed by atoms with E-state index in [1.807, 2.05) is 0 Å². The van der Waals surface area contributed by atoms with Gasteiger partial charge in [-0.2, -0.15) is 0 Å². The maximum absolute atomic E-state index is 9.70. The zero-order chi connectivity index (χ0) is 13.7. The summed E-state index contributed by atoms with van der Waals surface area (Å²) in [4.78, 5) is 2.58. The summed E-state index contributed by atoms with van der Waals surface area (Å²) in [6.45, 7) is 9.60. The second kappa shape index (κ2) is 7.05. The Labute approximate surface area is 118 Å². The van der Waals surface area contributed by atoms with Crippen molar-refractivity contribution in [2.24, 2.45) is 11.3 Å². The van der Waals surface area contributed by atoms with E-state index >= 15 is 0 Å². The summed E-state index contributed by atoms with van der Waals surface area (Å²) in [5.41, 5.74) is 0.189. The van der Waals surface area contributed by atoms with Crippen LogP contribution in [0.5, 0.6) is 0 Å². The van der Waals surface area contributed by atoms with Crippen molar-refractivity contribution in [3.63, 3.8) is 0 Å². The van der Waals surface area contributed by atoms with Crippen LogP contribution in [-0.4, -0.2) is 48.8 Å². The Morgan fingerprint density at radius 2 is 2.00 bits per heavy atom. The van der Waals surface area contributed by atoms with Gasteiger partial charge in [-0.05, 0) is 52.1 Å². The van der Waals surface area contributed by atoms with Crippen molar-refractivity contribution in [2.75, 3.05) is 32.8 Å². The van der Waals surface area contributed by atoms with Crippen LogP contribution in [0.15, 0.2) is 0 Å². The van der Waals surface area contributed by atoms with Gasteiger partial charge >= 0.3 is 0 Å². The van der Waals surface area contributed by atoms with E-state index in [-0.39, 0.29) is 5.41 Å². The van der Waals surface area contributed by atoms with Gasteiger partial charge in [-0.25, -0.2) is 0 Å². The highest BCUT2D eigenvalue weighted by Gasteiger charge is 2.31. The lowest BCUT2D eigenvalue weighted by Gasteiger charge is -2.36. The van der Waals surface area contributed by atoms with E-state index in [2.05, 4.69) is 24.1 Å². The van der Waals surface area contributed by atoms with Crippen LogP contribution < -0.4 is 5.32 Å². The van der Waals surface area contributed by atoms with Gasteiger partial charge in [0.15, 0.2) is 0 Å². The first-order valence-electron chi connectivity index (χ1n) is 8.21. The minimum Gasteiger partial charge on any atom is -0.396 e. The standard InChI is InChI=1S/C16H32N2O/c1-14(2)18-9-6-15(11-18)10-17-12-16(13-19)7-4-3-5-8-16/h14-15,17,19H,3-13H2,1-2H3. The molecule has 0 amide bonds. The molecule has 1 saturated carbocycles. The first kappa shape index (κ1) is 15.3. The van der Waals surface area contributed by atoms with Crippen LogP contribution in [0.2, 0.25) is 0 Å². The van der Waals surface area contributed by atoms with Crippen molar-refractivity contribution in [1.82, 2.24) is 10.2 Å². The fourth-order valence-corrected chi connectivity index (χ4v) is 3.73. The SMILES string of the molecule is CC(C)N1CCC(CNCC2(CO)CCCCC2)C1. The molecule has 19 heavy (non-hydrogen) atoms. The third-order valence-corrected chi connectivity index (χ3v) is 5.23. The number of aliphatic hydroxyl groups is 1. The number of hydrogen-bond acceptors (Lipinski definition) is 3. The Hall–Kier alpha value is -0.120. The van der Waals surface area contributed by atoms with E-state index in [1.165, 1.54) is 51.6 Å². The largest absolute Gasteiger partial charge is 0.396 e. The smallest absolute Gasteiger partial charge is 0.0499 e. The second-order valence-corrected chi connectivity index (χ2v) is 7.09. The molecule has 1 saturated heterocycles. The summed E-state index contributed by atoms with van der Waals surface area (Å²) < 4.78 is 0. The Kier molecular flexibility index (Phi) is 5.67. The molecule has 2 rings (SSSR count). The zero-order valence-corrected chi connectivity index (χ0v) is 12.8. The van der Waals surface area contributed by atoms with E-state index < -0.39 is 0 Å². The molecule has 3 nitrogen and oxygen atoms in total. The number of rotatable bonds is 6. The maximum atomic E-state index is 9.70. The minimum absolute atomic E-state index is 0.189. The average Bonchev–Trinajstić information content (AvgIpc) is 2.89. The van der Waals surface area contributed by atoms with Gasteiger partial charge in [0.1, 0.15) is 0 Å². The number of aliphatic hydroxyl groups excluding tert-OH is 1. The van der Waals surface area contributed by atoms with Gasteiger partial charge in [-0.15, -0.1) is 0 Å². The van der Waals surface area contributed by atoms with Crippen molar-refractivity contribution in [3.8, 4) is 0 Å². The molecule has 0 radical (unpaired) electrons. The van der Waals surface area contributed by atoms with Crippen LogP contribution in [-0.2, 0) is 0 Å². The van der Waals surface area contributed by atoms with Crippen LogP contribution >= 0.6 is 0 Å². The van der Waals surface area contributed by atoms with Crippen molar-refractivity contribution < 1.29 is 5.11 Å². The van der Waals surface area contributed by atoms with E-state index in [0.29, 0.717) is 12.6 Å². The topological polar surface area (TPSA) is 35.5 Å². The lowest BCUT2D eigenvalue weighted by atomic mass is 9.74. The second-order valence-electron chi connectivity index (χ2n) is 7.09. The Bertz CT molecular complexity index is 261. The molecule has 1 unspecified atom stereocenters. The maximum Gasteiger partial charge on any atom is 0.0499 e. The average molecular weight is 268 g/mol. The van der Waals surface area contributed by atoms with Crippen molar-refractivity contribution >= 4 is 0 Å². The van der Waals surface area contributed by atoms with Gasteiger partial charge in [0.2, 0.25) is 0 Å². The third-order valence-electron chi connectivity index (χ3n) is 5.23. The molecule has 0 aromatic rings. The van der Waals surface area contributed by atoms with Crippen LogP contribution in [0.25, 0.3) is 0 Å². The highest BCUT2D eigenvalue weighted by Crippen LogP contribution is 2.35. The van der Waals surface area contributed by atoms with Crippen molar-refractivity contribution in [2.45, 2.75) is 58.4 Å². The van der Waals surface area contributed by atoms with Crippen LogP contribution in [0.4, 0.5) is 0 Å². The lowest BCUT2D eigenvalue weighted by Crippen LogP contribution is -2.41. The predicted molar refractivity (Wildman–Crippen MR) is 80.3 cm³/mol. The summed E-state index contributed by atoms with van der Waals surface area (Å²) in [7, 11) is 0. The Balaban J connectivity index is 1.68. The number of likely N-dealkylation sites (tertiary alicyclic amines) is 1. The molecule has 0 spiro atoms. The molecular weight excluding hydrogens is 236 g/mol. The van der Waals surface area contributed by atoms with E-state index in [9.17, 15) is 5.11 Å². The quantitative estimate of drug-likeness (QED) is 0.775. The molecule has 0 aromatic heterocycles. The zero-order valence-electron chi connectivity index (χ0n) is 12.8. The minimum atomic E-state index is 0.189. The van der Waals surface area contributed by atoms with Gasteiger partial charge in [0.25, 0.3) is 0 Å². The number of hydrogen-bond donors (Lipinski definition) is 2. The molecule has 2 N–H and O–H groups in total. The fraction of sp³-hybridized carbons (Fsp3) is 1.00. The lowest BCUT2D eigenvalue weighted by molar-refractivity contribution is 0.0804. The van der Waals surface area contributed by atoms with Crippen LogP contribution in [0, 0.1) is 11.3 Å². The summed E-state index contributed by atoms with van der Waals surface area (Å²) in [6.07, 6.45) is 7.70. The summed E-state index contributed by atoms with van der Waals surface area (Å²) in [6, 6.07) is 0.687. The van der Waals surface area contributed by atoms with Gasteiger partial charge < -0.3 is 15.3 Å². The first-order valence-corrected chi connectivity index (χ1v) is 8.21. The molecule has 112 valence electrons. The highest BCUT2D eigenvalue weighted by atomic mass is 16.3. The molecule has 3 heteroatoms. The molecule has 1 atom stereocenters. The Morgan fingerprint density at radius 3 is 2.58 bits per heavy atom. The molecular formula is C16H32N2O. The highest BCUT2D eigenvalue weighted by molar-refractivity contribution is 4.86. The van der Waals surface area contributed by atoms with E-state index in [4.69, 9.17) is 0 Å². The predicted octanol–water partition coefficient (Wildman–Crippen LogP) is 2.25. The first-order chi connectivity index (χ1) is 9.15. The molecule has 2 aliphatic rings.